The van der Waals surface area contributed by atoms with E-state index in [0.29, 0.717) is 12.1 Å². The lowest BCUT2D eigenvalue weighted by Gasteiger charge is -2.12. The average Bonchev–Trinajstić information content (AvgIpc) is 2.16. The molecule has 2 amide bonds. The van der Waals surface area contributed by atoms with E-state index in [0.717, 1.165) is 4.90 Å². The zero-order chi connectivity index (χ0) is 11.0. The number of amides is 2. The van der Waals surface area contributed by atoms with E-state index in [1.54, 1.807) is 19.1 Å². The summed E-state index contributed by atoms with van der Waals surface area (Å²) in [4.78, 5) is 22.8. The summed E-state index contributed by atoms with van der Waals surface area (Å²) >= 11 is 0. The van der Waals surface area contributed by atoms with E-state index >= 15 is 0 Å². The molecule has 3 heteroatoms. The van der Waals surface area contributed by atoms with Crippen molar-refractivity contribution in [1.82, 2.24) is 4.90 Å². The second kappa shape index (κ2) is 6.60. The zero-order valence-electron chi connectivity index (χ0n) is 8.14. The largest absolute Gasteiger partial charge is 0.278 e. The lowest BCUT2D eigenvalue weighted by molar-refractivity contribution is -0.131. The highest BCUT2D eigenvalue weighted by Crippen LogP contribution is 2.02. The van der Waals surface area contributed by atoms with E-state index in [-0.39, 0.29) is 0 Å². The van der Waals surface area contributed by atoms with Crippen LogP contribution in [0.2, 0.25) is 0 Å². The maximum Gasteiger partial charge on any atom is 0.257 e. The van der Waals surface area contributed by atoms with Crippen molar-refractivity contribution < 1.29 is 9.59 Å². The molecule has 0 unspecified atom stereocenters. The van der Waals surface area contributed by atoms with Crippen LogP contribution in [0.25, 0.3) is 0 Å². The molecule has 0 saturated carbocycles. The van der Waals surface area contributed by atoms with Gasteiger partial charge in [-0.3, -0.25) is 14.5 Å². The molecule has 0 aliphatic heterocycles. The topological polar surface area (TPSA) is 37.4 Å². The monoisotopic (exact) mass is 191 g/mol. The molecule has 0 aromatic heterocycles. The minimum Gasteiger partial charge on any atom is -0.278 e. The lowest BCUT2D eigenvalue weighted by atomic mass is 10.3. The van der Waals surface area contributed by atoms with Gasteiger partial charge in [-0.25, -0.2) is 0 Å². The molecule has 0 spiro atoms. The number of hydrogen-bond acceptors (Lipinski definition) is 2. The van der Waals surface area contributed by atoms with Crippen molar-refractivity contribution >= 4 is 12.3 Å². The molecule has 0 heterocycles. The van der Waals surface area contributed by atoms with Crippen LogP contribution in [0, 0.1) is 0 Å². The molecule has 14 heavy (non-hydrogen) atoms. The van der Waals surface area contributed by atoms with E-state index < -0.39 is 5.91 Å². The van der Waals surface area contributed by atoms with Gasteiger partial charge in [0.2, 0.25) is 6.41 Å². The van der Waals surface area contributed by atoms with Crippen molar-refractivity contribution in [3.63, 3.8) is 0 Å². The van der Waals surface area contributed by atoms with Crippen molar-refractivity contribution in [2.45, 2.75) is 6.92 Å². The predicted molar refractivity (Wildman–Crippen MR) is 56.2 cm³/mol. The number of carbonyl (C=O) groups is 2. The first-order valence-electron chi connectivity index (χ1n) is 4.06. The normalized spacial score (nSPS) is 10.4. The fourth-order valence-electron chi connectivity index (χ4n) is 0.743. The Morgan fingerprint density at radius 2 is 2.00 bits per heavy atom. The number of allylic oxidation sites excluding steroid dienone is 4. The molecule has 0 atom stereocenters. The molecule has 0 aromatic carbocycles. The second-order valence-electron chi connectivity index (χ2n) is 2.40. The van der Waals surface area contributed by atoms with Crippen LogP contribution in [0.3, 0.4) is 0 Å². The van der Waals surface area contributed by atoms with Crippen molar-refractivity contribution in [1.29, 1.82) is 0 Å². The Labute approximate surface area is 83.7 Å². The smallest absolute Gasteiger partial charge is 0.257 e. The van der Waals surface area contributed by atoms with Crippen LogP contribution >= 0.6 is 0 Å². The van der Waals surface area contributed by atoms with Crippen molar-refractivity contribution in [2.75, 3.05) is 0 Å². The standard InChI is InChI=1S/C11H13NO2/c1-4-6-8-10(3)12(9-13)11(14)7-5-2/h4-9H,1,3H2,2H3/b7-5-,8-6-. The zero-order valence-corrected chi connectivity index (χ0v) is 8.14. The van der Waals surface area contributed by atoms with Gasteiger partial charge in [-0.1, -0.05) is 31.4 Å². The highest BCUT2D eigenvalue weighted by Gasteiger charge is 2.09. The Morgan fingerprint density at radius 3 is 2.43 bits per heavy atom. The van der Waals surface area contributed by atoms with Crippen LogP contribution in [0.4, 0.5) is 0 Å². The second-order valence-corrected chi connectivity index (χ2v) is 2.40. The molecule has 0 N–H and O–H groups in total. The fourth-order valence-corrected chi connectivity index (χ4v) is 0.743. The number of hydrogen-bond donors (Lipinski definition) is 0. The molecule has 74 valence electrons. The summed E-state index contributed by atoms with van der Waals surface area (Å²) in [7, 11) is 0. The molecule has 0 saturated heterocycles. The summed E-state index contributed by atoms with van der Waals surface area (Å²) in [5.41, 5.74) is 0.308. The van der Waals surface area contributed by atoms with Gasteiger partial charge < -0.3 is 0 Å². The molecule has 0 aromatic rings. The van der Waals surface area contributed by atoms with Gasteiger partial charge in [-0.15, -0.1) is 0 Å². The van der Waals surface area contributed by atoms with Gasteiger partial charge in [0.25, 0.3) is 5.91 Å². The number of rotatable bonds is 5. The number of imide groups is 1. The minimum absolute atomic E-state index is 0.308. The average molecular weight is 191 g/mol. The minimum atomic E-state index is -0.416. The van der Waals surface area contributed by atoms with Gasteiger partial charge in [0.1, 0.15) is 0 Å². The molecular weight excluding hydrogens is 178 g/mol. The van der Waals surface area contributed by atoms with Crippen molar-refractivity contribution in [2.24, 2.45) is 0 Å². The van der Waals surface area contributed by atoms with Crippen molar-refractivity contribution in [3.05, 3.63) is 49.2 Å². The first-order valence-corrected chi connectivity index (χ1v) is 4.06. The van der Waals surface area contributed by atoms with Gasteiger partial charge in [-0.05, 0) is 19.1 Å². The maximum absolute atomic E-state index is 11.3. The third kappa shape index (κ3) is 3.67. The molecule has 0 aliphatic rings. The summed E-state index contributed by atoms with van der Waals surface area (Å²) in [6, 6.07) is 0. The Kier molecular flexibility index (Phi) is 5.70. The molecular formula is C11H13NO2. The van der Waals surface area contributed by atoms with E-state index in [2.05, 4.69) is 13.2 Å². The Bertz CT molecular complexity index is 300. The third-order valence-electron chi connectivity index (χ3n) is 1.39. The highest BCUT2D eigenvalue weighted by atomic mass is 16.2. The van der Waals surface area contributed by atoms with E-state index in [9.17, 15) is 9.59 Å². The fraction of sp³-hybridized carbons (Fsp3) is 0.0909. The van der Waals surface area contributed by atoms with Gasteiger partial charge in [0.15, 0.2) is 0 Å². The van der Waals surface area contributed by atoms with Crippen LogP contribution in [0.5, 0.6) is 0 Å². The SMILES string of the molecule is C=C/C=C\C(=C)N(C=O)C(=O)/C=C\C. The molecule has 0 radical (unpaired) electrons. The molecule has 0 aliphatic carbocycles. The highest BCUT2D eigenvalue weighted by molar-refractivity contribution is 5.96. The maximum atomic E-state index is 11.3. The van der Waals surface area contributed by atoms with Crippen LogP contribution < -0.4 is 0 Å². The Balaban J connectivity index is 4.63. The van der Waals surface area contributed by atoms with E-state index in [4.69, 9.17) is 0 Å². The summed E-state index contributed by atoms with van der Waals surface area (Å²) < 4.78 is 0. The Hall–Kier alpha value is -1.90. The van der Waals surface area contributed by atoms with Crippen LogP contribution in [0.1, 0.15) is 6.92 Å². The van der Waals surface area contributed by atoms with E-state index in [1.807, 2.05) is 0 Å². The molecule has 0 fully saturated rings. The first-order chi connectivity index (χ1) is 6.67. The van der Waals surface area contributed by atoms with Gasteiger partial charge in [0, 0.05) is 5.70 Å². The summed E-state index contributed by atoms with van der Waals surface area (Å²) in [5.74, 6) is -0.416. The van der Waals surface area contributed by atoms with Crippen molar-refractivity contribution in [3.8, 4) is 0 Å². The predicted octanol–water partition coefficient (Wildman–Crippen LogP) is 1.80. The molecule has 0 rings (SSSR count). The molecule has 3 nitrogen and oxygen atoms in total. The summed E-state index contributed by atoms with van der Waals surface area (Å²) in [5, 5.41) is 0. The van der Waals surface area contributed by atoms with Gasteiger partial charge >= 0.3 is 0 Å². The summed E-state index contributed by atoms with van der Waals surface area (Å²) in [6.07, 6.45) is 7.95. The van der Waals surface area contributed by atoms with Crippen LogP contribution in [-0.2, 0) is 9.59 Å². The third-order valence-corrected chi connectivity index (χ3v) is 1.39. The number of carbonyl (C=O) groups excluding carboxylic acids is 2. The van der Waals surface area contributed by atoms with Crippen LogP contribution in [-0.4, -0.2) is 17.2 Å². The quantitative estimate of drug-likeness (QED) is 0.377. The molecule has 0 bridgehead atoms. The lowest BCUT2D eigenvalue weighted by Crippen LogP contribution is -2.25. The van der Waals surface area contributed by atoms with Gasteiger partial charge in [0.05, 0.1) is 0 Å². The summed E-state index contributed by atoms with van der Waals surface area (Å²) in [6.45, 7) is 8.74. The van der Waals surface area contributed by atoms with Crippen LogP contribution in [0.15, 0.2) is 49.2 Å². The Morgan fingerprint density at radius 1 is 1.36 bits per heavy atom. The number of nitrogens with zero attached hydrogens (tertiary/aromatic N) is 1. The van der Waals surface area contributed by atoms with Gasteiger partial charge in [-0.2, -0.15) is 0 Å². The van der Waals surface area contributed by atoms with E-state index in [1.165, 1.54) is 18.2 Å². The first kappa shape index (κ1) is 12.1.